The number of hydrogen-bond acceptors (Lipinski definition) is 6. The fraction of sp³-hybridized carbons (Fsp3) is 0.400. The van der Waals surface area contributed by atoms with Crippen molar-refractivity contribution in [3.8, 4) is 0 Å². The predicted octanol–water partition coefficient (Wildman–Crippen LogP) is 0.377. The molecule has 0 saturated carbocycles. The molecule has 0 unspecified atom stereocenters. The molecule has 0 aliphatic rings. The maximum absolute atomic E-state index is 13.1. The summed E-state index contributed by atoms with van der Waals surface area (Å²) in [5.74, 6) is -2.46. The second-order valence-electron chi connectivity index (χ2n) is 2.93. The molecule has 1 aromatic rings. The van der Waals surface area contributed by atoms with Crippen molar-refractivity contribution in [2.45, 2.75) is 11.4 Å². The molecule has 0 aliphatic carbocycles. The monoisotopic (exact) mass is 326 g/mol. The minimum Gasteiger partial charge on any atom is -0.293 e. The predicted molar refractivity (Wildman–Crippen MR) is 51.6 cm³/mol. The number of nitrogens with zero attached hydrogens (tertiary/aromatic N) is 2. The third kappa shape index (κ3) is 3.32. The van der Waals surface area contributed by atoms with E-state index < -0.39 is 37.5 Å². The molecule has 1 rings (SSSR count). The van der Waals surface area contributed by atoms with Crippen LogP contribution in [0.15, 0.2) is 0 Å². The standard InChI is InChI=1S/C5H3F5N4O3S2/c6-4(7,8)1(15)12-3-14-13-2(18-3)5(9,10)19(11,16)17/h(H2,11,16,17)(H,12,14,15). The highest BCUT2D eigenvalue weighted by Gasteiger charge is 2.48. The Morgan fingerprint density at radius 2 is 1.74 bits per heavy atom. The second-order valence-corrected chi connectivity index (χ2v) is 5.51. The first-order valence-corrected chi connectivity index (χ1v) is 6.34. The lowest BCUT2D eigenvalue weighted by Gasteiger charge is -2.08. The van der Waals surface area contributed by atoms with Crippen LogP contribution in [0.4, 0.5) is 27.1 Å². The zero-order chi connectivity index (χ0) is 15.1. The van der Waals surface area contributed by atoms with E-state index in [-0.39, 0.29) is 11.3 Å². The smallest absolute Gasteiger partial charge is 0.293 e. The SMILES string of the molecule is NS(=O)(=O)C(F)(F)c1nnc(NC(=O)C(F)(F)F)s1. The molecule has 108 valence electrons. The summed E-state index contributed by atoms with van der Waals surface area (Å²) in [6, 6.07) is 0. The van der Waals surface area contributed by atoms with E-state index in [0.717, 1.165) is 5.32 Å². The molecule has 0 atom stereocenters. The van der Waals surface area contributed by atoms with Gasteiger partial charge in [0.15, 0.2) is 0 Å². The number of primary sulfonamides is 1. The number of carbonyl (C=O) groups excluding carboxylic acids is 1. The van der Waals surface area contributed by atoms with Crippen LogP contribution in [0.25, 0.3) is 0 Å². The molecule has 1 amide bonds. The molecule has 14 heteroatoms. The quantitative estimate of drug-likeness (QED) is 0.779. The van der Waals surface area contributed by atoms with Crippen molar-refractivity contribution in [1.29, 1.82) is 0 Å². The first-order valence-electron chi connectivity index (χ1n) is 3.98. The zero-order valence-corrected chi connectivity index (χ0v) is 10.0. The molecule has 7 nitrogen and oxygen atoms in total. The van der Waals surface area contributed by atoms with E-state index in [4.69, 9.17) is 0 Å². The summed E-state index contributed by atoms with van der Waals surface area (Å²) in [5, 5.41) is 3.78. The maximum atomic E-state index is 13.1. The average Bonchev–Trinajstić information content (AvgIpc) is 2.63. The summed E-state index contributed by atoms with van der Waals surface area (Å²) in [5.41, 5.74) is 0. The number of aromatic nitrogens is 2. The van der Waals surface area contributed by atoms with Crippen LogP contribution in [0.1, 0.15) is 5.01 Å². The highest BCUT2D eigenvalue weighted by Crippen LogP contribution is 2.35. The van der Waals surface area contributed by atoms with Gasteiger partial charge in [0.2, 0.25) is 10.1 Å². The lowest BCUT2D eigenvalue weighted by atomic mass is 10.6. The first-order chi connectivity index (χ1) is 8.35. The molecule has 0 aliphatic heterocycles. The van der Waals surface area contributed by atoms with Crippen molar-refractivity contribution in [2.75, 3.05) is 5.32 Å². The van der Waals surface area contributed by atoms with E-state index in [1.165, 1.54) is 0 Å². The van der Waals surface area contributed by atoms with Crippen molar-refractivity contribution in [3.63, 3.8) is 0 Å². The van der Waals surface area contributed by atoms with E-state index >= 15 is 0 Å². The number of hydrogen-bond donors (Lipinski definition) is 2. The number of nitrogens with two attached hydrogens (primary N) is 1. The van der Waals surface area contributed by atoms with Gasteiger partial charge in [0, 0.05) is 0 Å². The van der Waals surface area contributed by atoms with E-state index in [2.05, 4.69) is 15.3 Å². The lowest BCUT2D eigenvalue weighted by molar-refractivity contribution is -0.167. The Bertz CT molecular complexity index is 594. The molecule has 0 radical (unpaired) electrons. The van der Waals surface area contributed by atoms with Gasteiger partial charge in [0.1, 0.15) is 0 Å². The molecule has 0 aromatic carbocycles. The fourth-order valence-corrected chi connectivity index (χ4v) is 2.05. The number of carbonyl (C=O) groups is 1. The van der Waals surface area contributed by atoms with Gasteiger partial charge in [-0.05, 0) is 0 Å². The normalized spacial score (nSPS) is 13.4. The number of sulfonamides is 1. The number of amides is 1. The maximum Gasteiger partial charge on any atom is 0.471 e. The molecule has 1 aromatic heterocycles. The van der Waals surface area contributed by atoms with Crippen LogP contribution in [-0.2, 0) is 20.1 Å². The van der Waals surface area contributed by atoms with Gasteiger partial charge >= 0.3 is 17.3 Å². The van der Waals surface area contributed by atoms with Gasteiger partial charge in [-0.2, -0.15) is 22.0 Å². The third-order valence-corrected chi connectivity index (χ3v) is 3.45. The third-order valence-electron chi connectivity index (χ3n) is 1.51. The number of halogens is 5. The highest BCUT2D eigenvalue weighted by molar-refractivity contribution is 7.89. The van der Waals surface area contributed by atoms with E-state index in [1.54, 1.807) is 0 Å². The molecule has 0 bridgehead atoms. The van der Waals surface area contributed by atoms with Crippen molar-refractivity contribution < 1.29 is 35.2 Å². The van der Waals surface area contributed by atoms with E-state index in [9.17, 15) is 35.2 Å². The summed E-state index contributed by atoms with van der Waals surface area (Å²) >= 11 is -0.252. The summed E-state index contributed by atoms with van der Waals surface area (Å²) < 4.78 is 82.8. The van der Waals surface area contributed by atoms with Crippen molar-refractivity contribution in [1.82, 2.24) is 10.2 Å². The number of nitrogens with one attached hydrogen (secondary N) is 1. The molecular formula is C5H3F5N4O3S2. The molecule has 0 spiro atoms. The molecule has 19 heavy (non-hydrogen) atoms. The van der Waals surface area contributed by atoms with Gasteiger partial charge < -0.3 is 0 Å². The van der Waals surface area contributed by atoms with Crippen molar-refractivity contribution in [3.05, 3.63) is 5.01 Å². The van der Waals surface area contributed by atoms with Gasteiger partial charge in [0.25, 0.3) is 10.0 Å². The van der Waals surface area contributed by atoms with Crippen LogP contribution in [0.3, 0.4) is 0 Å². The van der Waals surface area contributed by atoms with Gasteiger partial charge in [-0.25, -0.2) is 13.6 Å². The van der Waals surface area contributed by atoms with Crippen LogP contribution in [0.2, 0.25) is 0 Å². The first kappa shape index (κ1) is 15.6. The molecular weight excluding hydrogens is 323 g/mol. The zero-order valence-electron chi connectivity index (χ0n) is 8.40. The number of alkyl halides is 5. The van der Waals surface area contributed by atoms with E-state index in [0.29, 0.717) is 0 Å². The van der Waals surface area contributed by atoms with Crippen LogP contribution in [0.5, 0.6) is 0 Å². The highest BCUT2D eigenvalue weighted by atomic mass is 32.2. The Labute approximate surface area is 105 Å². The Morgan fingerprint density at radius 3 is 2.16 bits per heavy atom. The Balaban J connectivity index is 3.00. The van der Waals surface area contributed by atoms with Crippen LogP contribution >= 0.6 is 11.3 Å². The fourth-order valence-electron chi connectivity index (χ4n) is 0.681. The molecule has 0 fully saturated rings. The summed E-state index contributed by atoms with van der Waals surface area (Å²) in [6.45, 7) is 0. The minimum absolute atomic E-state index is 0.252. The van der Waals surface area contributed by atoms with E-state index in [1.807, 2.05) is 0 Å². The minimum atomic E-state index is -5.36. The summed E-state index contributed by atoms with van der Waals surface area (Å²) in [7, 11) is -5.36. The van der Waals surface area contributed by atoms with Gasteiger partial charge in [-0.3, -0.25) is 10.1 Å². The Hall–Kier alpha value is -1.41. The second kappa shape index (κ2) is 4.61. The summed E-state index contributed by atoms with van der Waals surface area (Å²) in [6.07, 6.45) is -5.26. The van der Waals surface area contributed by atoms with Crippen LogP contribution in [0, 0.1) is 0 Å². The van der Waals surface area contributed by atoms with Gasteiger partial charge in [-0.15, -0.1) is 10.2 Å². The molecule has 1 heterocycles. The van der Waals surface area contributed by atoms with Gasteiger partial charge in [-0.1, -0.05) is 11.3 Å². The van der Waals surface area contributed by atoms with Crippen molar-refractivity contribution >= 4 is 32.4 Å². The van der Waals surface area contributed by atoms with Gasteiger partial charge in [0.05, 0.1) is 0 Å². The Kier molecular flexibility index (Phi) is 3.79. The van der Waals surface area contributed by atoms with Crippen LogP contribution < -0.4 is 10.5 Å². The number of rotatable bonds is 3. The van der Waals surface area contributed by atoms with Crippen LogP contribution in [-0.4, -0.2) is 30.7 Å². The average molecular weight is 326 g/mol. The Morgan fingerprint density at radius 1 is 1.21 bits per heavy atom. The number of anilines is 1. The topological polar surface area (TPSA) is 115 Å². The van der Waals surface area contributed by atoms with Crippen molar-refractivity contribution in [2.24, 2.45) is 5.14 Å². The summed E-state index contributed by atoms with van der Waals surface area (Å²) in [4.78, 5) is 10.5. The molecule has 0 saturated heterocycles. The molecule has 3 N–H and O–H groups in total. The largest absolute Gasteiger partial charge is 0.471 e. The lowest BCUT2D eigenvalue weighted by Crippen LogP contribution is -2.32.